The fraction of sp³-hybridized carbons (Fsp3) is 0.455. The van der Waals surface area contributed by atoms with Crippen LogP contribution in [0.15, 0.2) is 35.2 Å². The maximum absolute atomic E-state index is 13.0. The number of rotatable bonds is 9. The monoisotopic (exact) mass is 480 g/mol. The second-order valence-electron chi connectivity index (χ2n) is 7.72. The van der Waals surface area contributed by atoms with Crippen LogP contribution in [0, 0.1) is 6.92 Å². The summed E-state index contributed by atoms with van der Waals surface area (Å²) in [7, 11) is -3.73. The molecule has 0 bridgehead atoms. The van der Waals surface area contributed by atoms with Gasteiger partial charge in [0.05, 0.1) is 34.8 Å². The van der Waals surface area contributed by atoms with Crippen LogP contribution < -0.4 is 10.1 Å². The van der Waals surface area contributed by atoms with Crippen molar-refractivity contribution in [3.05, 3.63) is 40.1 Å². The van der Waals surface area contributed by atoms with Gasteiger partial charge in [-0.15, -0.1) is 11.3 Å². The van der Waals surface area contributed by atoms with Crippen molar-refractivity contribution in [1.29, 1.82) is 0 Å². The standard InChI is InChI=1S/C22H28N2O6S2/c1-15(2)30-20-7-5-17(32(27,28)24-10-12-29-13-11-24)14-18(20)23-22(26)9-6-19(25)21-8-4-16(3)31-21/h4-5,7-8,14-15H,6,9-13H2,1-3H3,(H,23,26). The molecule has 1 fully saturated rings. The highest BCUT2D eigenvalue weighted by Crippen LogP contribution is 2.30. The maximum atomic E-state index is 13.0. The number of ketones is 1. The van der Waals surface area contributed by atoms with Gasteiger partial charge in [-0.3, -0.25) is 9.59 Å². The number of carbonyl (C=O) groups excluding carboxylic acids is 2. The average molecular weight is 481 g/mol. The Morgan fingerprint density at radius 1 is 1.16 bits per heavy atom. The van der Waals surface area contributed by atoms with E-state index in [2.05, 4.69) is 5.32 Å². The number of morpholine rings is 1. The van der Waals surface area contributed by atoms with Crippen molar-refractivity contribution in [1.82, 2.24) is 4.31 Å². The zero-order valence-electron chi connectivity index (χ0n) is 18.4. The number of amides is 1. The Morgan fingerprint density at radius 3 is 2.50 bits per heavy atom. The van der Waals surface area contributed by atoms with E-state index in [1.165, 1.54) is 27.8 Å². The fourth-order valence-corrected chi connectivity index (χ4v) is 5.48. The third-order valence-electron chi connectivity index (χ3n) is 4.79. The van der Waals surface area contributed by atoms with Crippen molar-refractivity contribution in [2.45, 2.75) is 44.6 Å². The molecule has 32 heavy (non-hydrogen) atoms. The van der Waals surface area contributed by atoms with Gasteiger partial charge >= 0.3 is 0 Å². The molecule has 1 aliphatic heterocycles. The number of aryl methyl sites for hydroxylation is 1. The first kappa shape index (κ1) is 24.4. The molecule has 8 nitrogen and oxygen atoms in total. The largest absolute Gasteiger partial charge is 0.489 e. The van der Waals surface area contributed by atoms with Crippen molar-refractivity contribution < 1.29 is 27.5 Å². The smallest absolute Gasteiger partial charge is 0.243 e. The Labute approximate surface area is 192 Å². The van der Waals surface area contributed by atoms with Gasteiger partial charge in [-0.25, -0.2) is 8.42 Å². The van der Waals surface area contributed by atoms with E-state index in [4.69, 9.17) is 9.47 Å². The van der Waals surface area contributed by atoms with Crippen LogP contribution in [0.2, 0.25) is 0 Å². The van der Waals surface area contributed by atoms with Gasteiger partial charge in [0.2, 0.25) is 15.9 Å². The van der Waals surface area contributed by atoms with Crippen LogP contribution in [-0.4, -0.2) is 56.8 Å². The van der Waals surface area contributed by atoms with E-state index in [0.29, 0.717) is 23.8 Å². The molecule has 1 saturated heterocycles. The number of thiophene rings is 1. The summed E-state index contributed by atoms with van der Waals surface area (Å²) in [6, 6.07) is 8.05. The molecule has 0 saturated carbocycles. The molecule has 2 heterocycles. The van der Waals surface area contributed by atoms with Crippen LogP contribution >= 0.6 is 11.3 Å². The van der Waals surface area contributed by atoms with E-state index >= 15 is 0 Å². The number of nitrogens with one attached hydrogen (secondary N) is 1. The molecular formula is C22H28N2O6S2. The van der Waals surface area contributed by atoms with Gasteiger partial charge in [0.15, 0.2) is 5.78 Å². The molecule has 1 amide bonds. The van der Waals surface area contributed by atoms with Gasteiger partial charge in [0.25, 0.3) is 0 Å². The maximum Gasteiger partial charge on any atom is 0.243 e. The molecule has 3 rings (SSSR count). The van der Waals surface area contributed by atoms with E-state index in [-0.39, 0.29) is 54.3 Å². The van der Waals surface area contributed by atoms with Crippen LogP contribution in [0.25, 0.3) is 0 Å². The minimum absolute atomic E-state index is 0.0165. The molecule has 0 atom stereocenters. The highest BCUT2D eigenvalue weighted by Gasteiger charge is 2.27. The van der Waals surface area contributed by atoms with E-state index in [1.807, 2.05) is 26.8 Å². The van der Waals surface area contributed by atoms with E-state index in [1.54, 1.807) is 12.1 Å². The molecule has 1 aromatic carbocycles. The molecule has 1 aliphatic rings. The summed E-state index contributed by atoms with van der Waals surface area (Å²) in [6.07, 6.45) is -0.120. The van der Waals surface area contributed by atoms with Crippen molar-refractivity contribution in [2.75, 3.05) is 31.6 Å². The Morgan fingerprint density at radius 2 is 1.88 bits per heavy atom. The Bertz CT molecular complexity index is 1070. The first-order chi connectivity index (χ1) is 15.2. The molecular weight excluding hydrogens is 452 g/mol. The molecule has 0 spiro atoms. The Kier molecular flexibility index (Phi) is 8.05. The summed E-state index contributed by atoms with van der Waals surface area (Å²) in [5, 5.41) is 2.72. The Hall–Kier alpha value is -2.27. The minimum Gasteiger partial charge on any atom is -0.489 e. The lowest BCUT2D eigenvalue weighted by Crippen LogP contribution is -2.40. The van der Waals surface area contributed by atoms with E-state index in [0.717, 1.165) is 4.88 Å². The quantitative estimate of drug-likeness (QED) is 0.552. The lowest BCUT2D eigenvalue weighted by Gasteiger charge is -2.26. The summed E-state index contributed by atoms with van der Waals surface area (Å²) in [5.41, 5.74) is 0.262. The first-order valence-electron chi connectivity index (χ1n) is 10.4. The number of sulfonamides is 1. The second kappa shape index (κ2) is 10.6. The minimum atomic E-state index is -3.73. The third kappa shape index (κ3) is 6.16. The predicted octanol–water partition coefficient (Wildman–Crippen LogP) is 3.47. The summed E-state index contributed by atoms with van der Waals surface area (Å²) >= 11 is 1.40. The number of ether oxygens (including phenoxy) is 2. The normalized spacial score (nSPS) is 15.0. The highest BCUT2D eigenvalue weighted by molar-refractivity contribution is 7.89. The van der Waals surface area contributed by atoms with Crippen molar-refractivity contribution in [3.8, 4) is 5.75 Å². The van der Waals surface area contributed by atoms with Crippen molar-refractivity contribution in [3.63, 3.8) is 0 Å². The van der Waals surface area contributed by atoms with Crippen molar-refractivity contribution in [2.24, 2.45) is 0 Å². The van der Waals surface area contributed by atoms with Crippen LogP contribution in [0.1, 0.15) is 41.2 Å². The van der Waals surface area contributed by atoms with Gasteiger partial charge in [-0.2, -0.15) is 4.31 Å². The van der Waals surface area contributed by atoms with Gasteiger partial charge in [0.1, 0.15) is 5.75 Å². The summed E-state index contributed by atoms with van der Waals surface area (Å²) < 4.78 is 38.4. The van der Waals surface area contributed by atoms with Gasteiger partial charge in [-0.05, 0) is 51.1 Å². The highest BCUT2D eigenvalue weighted by atomic mass is 32.2. The number of carbonyl (C=O) groups is 2. The van der Waals surface area contributed by atoms with Crippen LogP contribution in [0.5, 0.6) is 5.75 Å². The van der Waals surface area contributed by atoms with Crippen LogP contribution in [0.3, 0.4) is 0 Å². The molecule has 10 heteroatoms. The van der Waals surface area contributed by atoms with Gasteiger partial charge in [-0.1, -0.05) is 0 Å². The lowest BCUT2D eigenvalue weighted by atomic mass is 10.2. The van der Waals surface area contributed by atoms with Crippen LogP contribution in [-0.2, 0) is 19.6 Å². The molecule has 0 aliphatic carbocycles. The number of Topliss-reactive ketones (excluding diaryl/α,β-unsaturated/α-hetero) is 1. The molecule has 0 radical (unpaired) electrons. The topological polar surface area (TPSA) is 102 Å². The van der Waals surface area contributed by atoms with E-state index < -0.39 is 10.0 Å². The second-order valence-corrected chi connectivity index (χ2v) is 10.9. The SMILES string of the molecule is Cc1ccc(C(=O)CCC(=O)Nc2cc(S(=O)(=O)N3CCOCC3)ccc2OC(C)C)s1. The number of benzene rings is 1. The molecule has 1 aromatic heterocycles. The van der Waals surface area contributed by atoms with Gasteiger partial charge in [0, 0.05) is 30.8 Å². The number of hydrogen-bond acceptors (Lipinski definition) is 7. The average Bonchev–Trinajstić information content (AvgIpc) is 3.20. The molecule has 0 unspecified atom stereocenters. The third-order valence-corrected chi connectivity index (χ3v) is 7.73. The van der Waals surface area contributed by atoms with Gasteiger partial charge < -0.3 is 14.8 Å². The number of hydrogen-bond donors (Lipinski definition) is 1. The van der Waals surface area contributed by atoms with Crippen LogP contribution in [0.4, 0.5) is 5.69 Å². The molecule has 2 aromatic rings. The zero-order chi connectivity index (χ0) is 23.3. The summed E-state index contributed by atoms with van der Waals surface area (Å²) in [5.74, 6) is -0.115. The summed E-state index contributed by atoms with van der Waals surface area (Å²) in [6.45, 7) is 6.83. The molecule has 1 N–H and O–H groups in total. The first-order valence-corrected chi connectivity index (χ1v) is 12.7. The zero-order valence-corrected chi connectivity index (χ0v) is 20.1. The Balaban J connectivity index is 1.75. The van der Waals surface area contributed by atoms with Crippen molar-refractivity contribution >= 4 is 38.7 Å². The fourth-order valence-electron chi connectivity index (χ4n) is 3.21. The number of anilines is 1. The molecule has 174 valence electrons. The summed E-state index contributed by atoms with van der Waals surface area (Å²) in [4.78, 5) is 26.6. The predicted molar refractivity (Wildman–Crippen MR) is 123 cm³/mol. The number of nitrogens with zero attached hydrogens (tertiary/aromatic N) is 1. The van der Waals surface area contributed by atoms with E-state index in [9.17, 15) is 18.0 Å². The lowest BCUT2D eigenvalue weighted by molar-refractivity contribution is -0.116.